The van der Waals surface area contributed by atoms with Crippen LogP contribution in [0.3, 0.4) is 0 Å². The van der Waals surface area contributed by atoms with Crippen LogP contribution in [0.25, 0.3) is 0 Å². The van der Waals surface area contributed by atoms with Gasteiger partial charge in [0.2, 0.25) is 5.91 Å². The number of para-hydroxylation sites is 2. The number of anilines is 1. The number of ether oxygens (including phenoxy) is 1. The second-order valence-electron chi connectivity index (χ2n) is 4.56. The quantitative estimate of drug-likeness (QED) is 0.866. The summed E-state index contributed by atoms with van der Waals surface area (Å²) in [6, 6.07) is 11.5. The number of nitrogens with one attached hydrogen (secondary N) is 2. The van der Waals surface area contributed by atoms with Crippen LogP contribution in [-0.4, -0.2) is 25.5 Å². The Labute approximate surface area is 143 Å². The van der Waals surface area contributed by atoms with Crippen molar-refractivity contribution in [2.24, 2.45) is 0 Å². The summed E-state index contributed by atoms with van der Waals surface area (Å²) in [5.74, 6) is -0.252. The molecule has 2 aromatic carbocycles. The summed E-state index contributed by atoms with van der Waals surface area (Å²) in [5.41, 5.74) is 0.855. The van der Waals surface area contributed by atoms with Crippen LogP contribution >= 0.6 is 23.2 Å². The van der Waals surface area contributed by atoms with Gasteiger partial charge in [0.15, 0.2) is 0 Å². The van der Waals surface area contributed by atoms with E-state index in [2.05, 4.69) is 10.6 Å². The lowest BCUT2D eigenvalue weighted by atomic mass is 10.2. The van der Waals surface area contributed by atoms with E-state index < -0.39 is 5.91 Å². The lowest BCUT2D eigenvalue weighted by Crippen LogP contribution is -2.32. The zero-order valence-corrected chi connectivity index (χ0v) is 13.7. The van der Waals surface area contributed by atoms with E-state index in [9.17, 15) is 9.59 Å². The van der Waals surface area contributed by atoms with Gasteiger partial charge in [0.1, 0.15) is 5.75 Å². The summed E-state index contributed by atoms with van der Waals surface area (Å²) in [4.78, 5) is 23.9. The molecule has 0 saturated heterocycles. The first-order valence-corrected chi connectivity index (χ1v) is 7.43. The Balaban J connectivity index is 1.93. The molecule has 0 aliphatic heterocycles. The molecule has 0 bridgehead atoms. The zero-order chi connectivity index (χ0) is 16.8. The first-order chi connectivity index (χ1) is 11.0. The molecule has 2 rings (SSSR count). The van der Waals surface area contributed by atoms with Gasteiger partial charge < -0.3 is 15.4 Å². The Morgan fingerprint density at radius 1 is 1.09 bits per heavy atom. The number of hydrogen-bond acceptors (Lipinski definition) is 3. The lowest BCUT2D eigenvalue weighted by molar-refractivity contribution is -0.115. The van der Waals surface area contributed by atoms with Gasteiger partial charge >= 0.3 is 0 Å². The van der Waals surface area contributed by atoms with E-state index in [4.69, 9.17) is 27.9 Å². The predicted octanol–water partition coefficient (Wildman–Crippen LogP) is 3.37. The highest BCUT2D eigenvalue weighted by Gasteiger charge is 2.11. The van der Waals surface area contributed by atoms with Crippen molar-refractivity contribution in [1.82, 2.24) is 5.32 Å². The third kappa shape index (κ3) is 4.61. The topological polar surface area (TPSA) is 67.4 Å². The molecule has 5 nitrogen and oxygen atoms in total. The predicted molar refractivity (Wildman–Crippen MR) is 90.4 cm³/mol. The van der Waals surface area contributed by atoms with E-state index in [-0.39, 0.29) is 17.5 Å². The SMILES string of the molecule is COc1ccccc1NC(=O)CNC(=O)c1ccc(Cl)c(Cl)c1. The van der Waals surface area contributed by atoms with Gasteiger partial charge in [-0.1, -0.05) is 35.3 Å². The Bertz CT molecular complexity index is 735. The van der Waals surface area contributed by atoms with Crippen LogP contribution in [0.1, 0.15) is 10.4 Å². The van der Waals surface area contributed by atoms with Gasteiger partial charge in [0.25, 0.3) is 5.91 Å². The van der Waals surface area contributed by atoms with Gasteiger partial charge in [-0.25, -0.2) is 0 Å². The highest BCUT2D eigenvalue weighted by atomic mass is 35.5. The van der Waals surface area contributed by atoms with Gasteiger partial charge in [-0.2, -0.15) is 0 Å². The van der Waals surface area contributed by atoms with Gasteiger partial charge in [0.05, 0.1) is 29.4 Å². The molecule has 7 heteroatoms. The maximum atomic E-state index is 12.0. The van der Waals surface area contributed by atoms with Crippen LogP contribution in [0.2, 0.25) is 10.0 Å². The molecule has 0 unspecified atom stereocenters. The third-order valence-electron chi connectivity index (χ3n) is 2.97. The van der Waals surface area contributed by atoms with Crippen LogP contribution in [-0.2, 0) is 4.79 Å². The molecule has 2 aromatic rings. The smallest absolute Gasteiger partial charge is 0.251 e. The van der Waals surface area contributed by atoms with Crippen molar-refractivity contribution in [2.75, 3.05) is 19.0 Å². The van der Waals surface area contributed by atoms with E-state index in [1.165, 1.54) is 25.3 Å². The van der Waals surface area contributed by atoms with Crippen LogP contribution < -0.4 is 15.4 Å². The molecule has 0 heterocycles. The minimum absolute atomic E-state index is 0.183. The zero-order valence-electron chi connectivity index (χ0n) is 12.2. The maximum absolute atomic E-state index is 12.0. The summed E-state index contributed by atoms with van der Waals surface area (Å²) in [6.07, 6.45) is 0. The van der Waals surface area contributed by atoms with Gasteiger partial charge in [-0.05, 0) is 30.3 Å². The lowest BCUT2D eigenvalue weighted by Gasteiger charge is -2.10. The molecule has 0 atom stereocenters. The normalized spacial score (nSPS) is 10.0. The van der Waals surface area contributed by atoms with Gasteiger partial charge in [-0.15, -0.1) is 0 Å². The number of carbonyl (C=O) groups is 2. The molecule has 2 amide bonds. The average molecular weight is 353 g/mol. The fraction of sp³-hybridized carbons (Fsp3) is 0.125. The number of benzene rings is 2. The van der Waals surface area contributed by atoms with Crippen LogP contribution in [0.5, 0.6) is 5.75 Å². The highest BCUT2D eigenvalue weighted by molar-refractivity contribution is 6.42. The minimum atomic E-state index is -0.418. The van der Waals surface area contributed by atoms with Crippen molar-refractivity contribution in [1.29, 1.82) is 0 Å². The van der Waals surface area contributed by atoms with Gasteiger partial charge in [-0.3, -0.25) is 9.59 Å². The number of amides is 2. The summed E-state index contributed by atoms with van der Waals surface area (Å²) in [6.45, 7) is -0.183. The fourth-order valence-corrected chi connectivity index (χ4v) is 2.14. The van der Waals surface area contributed by atoms with Crippen LogP contribution in [0.15, 0.2) is 42.5 Å². The number of methoxy groups -OCH3 is 1. The number of hydrogen-bond donors (Lipinski definition) is 2. The van der Waals surface area contributed by atoms with Crippen molar-refractivity contribution in [3.63, 3.8) is 0 Å². The summed E-state index contributed by atoms with van der Waals surface area (Å²) in [5, 5.41) is 5.81. The molecule has 0 aliphatic rings. The van der Waals surface area contributed by atoms with Crippen LogP contribution in [0, 0.1) is 0 Å². The van der Waals surface area contributed by atoms with Crippen molar-refractivity contribution in [3.8, 4) is 5.75 Å². The summed E-state index contributed by atoms with van der Waals surface area (Å²) in [7, 11) is 1.51. The molecule has 0 aliphatic carbocycles. The molecule has 2 N–H and O–H groups in total. The molecule has 0 saturated carbocycles. The molecule has 120 valence electrons. The van der Waals surface area contributed by atoms with E-state index in [1.807, 2.05) is 0 Å². The van der Waals surface area contributed by atoms with Crippen molar-refractivity contribution in [3.05, 3.63) is 58.1 Å². The van der Waals surface area contributed by atoms with Gasteiger partial charge in [0, 0.05) is 5.56 Å². The Hall–Kier alpha value is -2.24. The second kappa shape index (κ2) is 7.85. The first kappa shape index (κ1) is 17.1. The summed E-state index contributed by atoms with van der Waals surface area (Å²) < 4.78 is 5.14. The average Bonchev–Trinajstić information content (AvgIpc) is 2.55. The number of rotatable bonds is 5. The fourth-order valence-electron chi connectivity index (χ4n) is 1.84. The molecular weight excluding hydrogens is 339 g/mol. The minimum Gasteiger partial charge on any atom is -0.495 e. The molecule has 0 aromatic heterocycles. The highest BCUT2D eigenvalue weighted by Crippen LogP contribution is 2.23. The molecule has 0 spiro atoms. The Kier molecular flexibility index (Phi) is 5.84. The van der Waals surface area contributed by atoms with E-state index in [1.54, 1.807) is 24.3 Å². The number of halogens is 2. The monoisotopic (exact) mass is 352 g/mol. The number of carbonyl (C=O) groups excluding carboxylic acids is 2. The molecular formula is C16H14Cl2N2O3. The second-order valence-corrected chi connectivity index (χ2v) is 5.37. The molecule has 0 radical (unpaired) electrons. The largest absolute Gasteiger partial charge is 0.495 e. The molecule has 0 fully saturated rings. The Morgan fingerprint density at radius 3 is 2.52 bits per heavy atom. The maximum Gasteiger partial charge on any atom is 0.251 e. The standard InChI is InChI=1S/C16H14Cl2N2O3/c1-23-14-5-3-2-4-13(14)20-15(21)9-19-16(22)10-6-7-11(17)12(18)8-10/h2-8H,9H2,1H3,(H,19,22)(H,20,21). The van der Waals surface area contributed by atoms with Crippen molar-refractivity contribution < 1.29 is 14.3 Å². The van der Waals surface area contributed by atoms with Crippen molar-refractivity contribution >= 4 is 40.7 Å². The first-order valence-electron chi connectivity index (χ1n) is 6.67. The van der Waals surface area contributed by atoms with Crippen molar-refractivity contribution in [2.45, 2.75) is 0 Å². The Morgan fingerprint density at radius 2 is 1.83 bits per heavy atom. The molecule has 23 heavy (non-hydrogen) atoms. The van der Waals surface area contributed by atoms with E-state index in [0.717, 1.165) is 0 Å². The summed E-state index contributed by atoms with van der Waals surface area (Å²) >= 11 is 11.6. The third-order valence-corrected chi connectivity index (χ3v) is 3.71. The van der Waals surface area contributed by atoms with E-state index >= 15 is 0 Å². The van der Waals surface area contributed by atoms with Crippen LogP contribution in [0.4, 0.5) is 5.69 Å². The van der Waals surface area contributed by atoms with E-state index in [0.29, 0.717) is 22.0 Å².